The van der Waals surface area contributed by atoms with Crippen molar-refractivity contribution in [1.82, 2.24) is 0 Å². The lowest BCUT2D eigenvalue weighted by atomic mass is 10.3. The molecule has 3 aromatic carbocycles. The SMILES string of the molecule is COc1ccc(NS(=O)(=O)c2ccc(NC(=S)Nc3cccc([N+](=O)[O-])c3)cc2)cc1. The summed E-state index contributed by atoms with van der Waals surface area (Å²) in [7, 11) is -2.24. The molecule has 0 saturated carbocycles. The molecule has 0 unspecified atom stereocenters. The van der Waals surface area contributed by atoms with Crippen LogP contribution in [-0.2, 0) is 10.0 Å². The first-order valence-corrected chi connectivity index (χ1v) is 10.8. The zero-order valence-electron chi connectivity index (χ0n) is 16.2. The average molecular weight is 459 g/mol. The number of nitro groups is 1. The Bertz CT molecular complexity index is 1200. The summed E-state index contributed by atoms with van der Waals surface area (Å²) in [5, 5.41) is 16.8. The lowest BCUT2D eigenvalue weighted by Crippen LogP contribution is -2.19. The van der Waals surface area contributed by atoms with Gasteiger partial charge in [0.15, 0.2) is 5.11 Å². The van der Waals surface area contributed by atoms with Crippen molar-refractivity contribution >= 4 is 50.1 Å². The van der Waals surface area contributed by atoms with Crippen molar-refractivity contribution in [2.45, 2.75) is 4.90 Å². The average Bonchev–Trinajstić information content (AvgIpc) is 2.74. The van der Waals surface area contributed by atoms with Crippen molar-refractivity contribution in [2.75, 3.05) is 22.5 Å². The number of nitrogens with zero attached hydrogens (tertiary/aromatic N) is 1. The molecule has 0 fully saturated rings. The summed E-state index contributed by atoms with van der Waals surface area (Å²) in [4.78, 5) is 10.4. The molecule has 160 valence electrons. The van der Waals surface area contributed by atoms with Crippen molar-refractivity contribution in [3.63, 3.8) is 0 Å². The van der Waals surface area contributed by atoms with E-state index in [0.29, 0.717) is 22.8 Å². The van der Waals surface area contributed by atoms with E-state index in [4.69, 9.17) is 17.0 Å². The van der Waals surface area contributed by atoms with E-state index in [1.807, 2.05) is 0 Å². The van der Waals surface area contributed by atoms with E-state index >= 15 is 0 Å². The zero-order valence-corrected chi connectivity index (χ0v) is 17.9. The molecular formula is C20H18N4O5S2. The quantitative estimate of drug-likeness (QED) is 0.273. The van der Waals surface area contributed by atoms with E-state index in [1.54, 1.807) is 48.5 Å². The summed E-state index contributed by atoms with van der Waals surface area (Å²) in [5.74, 6) is 0.619. The highest BCUT2D eigenvalue weighted by molar-refractivity contribution is 7.92. The summed E-state index contributed by atoms with van der Waals surface area (Å²) in [6, 6.07) is 18.4. The normalized spacial score (nSPS) is 10.7. The van der Waals surface area contributed by atoms with Crippen molar-refractivity contribution in [3.05, 3.63) is 82.9 Å². The summed E-state index contributed by atoms with van der Waals surface area (Å²) < 4.78 is 32.7. The Labute approximate surface area is 184 Å². The second-order valence-electron chi connectivity index (χ2n) is 6.24. The number of hydrogen-bond acceptors (Lipinski definition) is 6. The van der Waals surface area contributed by atoms with Gasteiger partial charge in [-0.25, -0.2) is 8.42 Å². The molecule has 0 saturated heterocycles. The largest absolute Gasteiger partial charge is 0.497 e. The van der Waals surface area contributed by atoms with Gasteiger partial charge in [-0.3, -0.25) is 14.8 Å². The minimum Gasteiger partial charge on any atom is -0.497 e. The number of rotatable bonds is 7. The van der Waals surface area contributed by atoms with Crippen LogP contribution in [0.15, 0.2) is 77.7 Å². The maximum absolute atomic E-state index is 12.6. The second kappa shape index (κ2) is 9.41. The maximum atomic E-state index is 12.6. The molecule has 11 heteroatoms. The summed E-state index contributed by atoms with van der Waals surface area (Å²) in [6.07, 6.45) is 0. The number of sulfonamides is 1. The predicted octanol–water partition coefficient (Wildman–Crippen LogP) is 4.21. The maximum Gasteiger partial charge on any atom is 0.271 e. The fourth-order valence-corrected chi connectivity index (χ4v) is 3.88. The van der Waals surface area contributed by atoms with E-state index in [2.05, 4.69) is 15.4 Å². The molecule has 31 heavy (non-hydrogen) atoms. The van der Waals surface area contributed by atoms with Crippen molar-refractivity contribution in [1.29, 1.82) is 0 Å². The number of ether oxygens (including phenoxy) is 1. The van der Waals surface area contributed by atoms with Crippen LogP contribution >= 0.6 is 12.2 Å². The van der Waals surface area contributed by atoms with Crippen LogP contribution in [0.2, 0.25) is 0 Å². The standard InChI is InChI=1S/C20H18N4O5S2/c1-29-18-9-5-15(6-10-18)23-31(27,28)19-11-7-14(8-12-19)21-20(30)22-16-3-2-4-17(13-16)24(25)26/h2-13,23H,1H3,(H2,21,22,30). The van der Waals surface area contributed by atoms with Gasteiger partial charge in [-0.2, -0.15) is 0 Å². The highest BCUT2D eigenvalue weighted by Crippen LogP contribution is 2.21. The predicted molar refractivity (Wildman–Crippen MR) is 123 cm³/mol. The number of non-ortho nitro benzene ring substituents is 1. The fourth-order valence-electron chi connectivity index (χ4n) is 2.58. The second-order valence-corrected chi connectivity index (χ2v) is 8.34. The van der Waals surface area contributed by atoms with Crippen LogP contribution in [0.3, 0.4) is 0 Å². The van der Waals surface area contributed by atoms with Gasteiger partial charge in [0.2, 0.25) is 0 Å². The van der Waals surface area contributed by atoms with Gasteiger partial charge in [-0.1, -0.05) is 6.07 Å². The Morgan fingerprint density at radius 2 is 1.55 bits per heavy atom. The number of benzene rings is 3. The van der Waals surface area contributed by atoms with E-state index in [9.17, 15) is 18.5 Å². The first kappa shape index (κ1) is 22.0. The number of hydrogen-bond donors (Lipinski definition) is 3. The third-order valence-electron chi connectivity index (χ3n) is 4.08. The first-order valence-electron chi connectivity index (χ1n) is 8.86. The fraction of sp³-hybridized carbons (Fsp3) is 0.0500. The molecule has 3 rings (SSSR count). The Morgan fingerprint density at radius 1 is 0.935 bits per heavy atom. The summed E-state index contributed by atoms with van der Waals surface area (Å²) in [5.41, 5.74) is 1.35. The van der Waals surface area contributed by atoms with Crippen molar-refractivity contribution < 1.29 is 18.1 Å². The third-order valence-corrected chi connectivity index (χ3v) is 5.68. The van der Waals surface area contributed by atoms with Gasteiger partial charge >= 0.3 is 0 Å². The molecule has 0 heterocycles. The van der Waals surface area contributed by atoms with E-state index in [-0.39, 0.29) is 15.7 Å². The van der Waals surface area contributed by atoms with Gasteiger partial charge in [0.1, 0.15) is 5.75 Å². The minimum absolute atomic E-state index is 0.0632. The Morgan fingerprint density at radius 3 is 2.16 bits per heavy atom. The van der Waals surface area contributed by atoms with Gasteiger partial charge in [0.05, 0.1) is 16.9 Å². The number of methoxy groups -OCH3 is 1. The first-order chi connectivity index (χ1) is 14.8. The highest BCUT2D eigenvalue weighted by atomic mass is 32.2. The van der Waals surface area contributed by atoms with Crippen LogP contribution in [-0.4, -0.2) is 25.6 Å². The van der Waals surface area contributed by atoms with Crippen LogP contribution in [0.5, 0.6) is 5.75 Å². The zero-order chi connectivity index (χ0) is 22.4. The molecule has 0 bridgehead atoms. The molecule has 0 atom stereocenters. The molecule has 9 nitrogen and oxygen atoms in total. The van der Waals surface area contributed by atoms with Gasteiger partial charge in [0, 0.05) is 29.2 Å². The number of anilines is 3. The number of nitro benzene ring substituents is 1. The van der Waals surface area contributed by atoms with Gasteiger partial charge < -0.3 is 15.4 Å². The van der Waals surface area contributed by atoms with Gasteiger partial charge in [-0.05, 0) is 66.8 Å². The topological polar surface area (TPSA) is 123 Å². The Kier molecular flexibility index (Phi) is 6.68. The number of thiocarbonyl (C=S) groups is 1. The van der Waals surface area contributed by atoms with Gasteiger partial charge in [0.25, 0.3) is 15.7 Å². The molecule has 0 spiro atoms. The third kappa shape index (κ3) is 5.90. The van der Waals surface area contributed by atoms with Gasteiger partial charge in [-0.15, -0.1) is 0 Å². The molecule has 0 radical (unpaired) electrons. The van der Waals surface area contributed by atoms with Crippen molar-refractivity contribution in [3.8, 4) is 5.75 Å². The van der Waals surface area contributed by atoms with Crippen LogP contribution < -0.4 is 20.1 Å². The molecular weight excluding hydrogens is 440 g/mol. The highest BCUT2D eigenvalue weighted by Gasteiger charge is 2.14. The lowest BCUT2D eigenvalue weighted by molar-refractivity contribution is -0.384. The Balaban J connectivity index is 1.64. The molecule has 0 aliphatic heterocycles. The molecule has 0 aliphatic carbocycles. The molecule has 0 aliphatic rings. The molecule has 3 aromatic rings. The minimum atomic E-state index is -3.77. The lowest BCUT2D eigenvalue weighted by Gasteiger charge is -2.12. The van der Waals surface area contributed by atoms with Crippen LogP contribution in [0.25, 0.3) is 0 Å². The van der Waals surface area contributed by atoms with Crippen LogP contribution in [0.1, 0.15) is 0 Å². The monoisotopic (exact) mass is 458 g/mol. The Hall–Kier alpha value is -3.70. The number of nitrogens with one attached hydrogen (secondary N) is 3. The summed E-state index contributed by atoms with van der Waals surface area (Å²) in [6.45, 7) is 0. The molecule has 0 aromatic heterocycles. The van der Waals surface area contributed by atoms with Crippen LogP contribution in [0, 0.1) is 10.1 Å². The summed E-state index contributed by atoms with van der Waals surface area (Å²) >= 11 is 5.21. The van der Waals surface area contributed by atoms with E-state index in [1.165, 1.54) is 31.4 Å². The van der Waals surface area contributed by atoms with Crippen LogP contribution in [0.4, 0.5) is 22.7 Å². The molecule has 0 amide bonds. The van der Waals surface area contributed by atoms with Crippen molar-refractivity contribution in [2.24, 2.45) is 0 Å². The molecule has 3 N–H and O–H groups in total. The van der Waals surface area contributed by atoms with E-state index < -0.39 is 14.9 Å². The smallest absolute Gasteiger partial charge is 0.271 e. The van der Waals surface area contributed by atoms with E-state index in [0.717, 1.165) is 0 Å².